The molecule has 4 amide bonds. The highest BCUT2D eigenvalue weighted by Crippen LogP contribution is 2.64. The number of ether oxygens (including phenoxy) is 1. The van der Waals surface area contributed by atoms with Crippen LogP contribution in [0.4, 0.5) is 5.69 Å². The van der Waals surface area contributed by atoms with Crippen LogP contribution in [-0.2, 0) is 25.6 Å². The summed E-state index contributed by atoms with van der Waals surface area (Å²) in [6.07, 6.45) is 3.92. The van der Waals surface area contributed by atoms with Gasteiger partial charge in [0.05, 0.1) is 23.8 Å². The number of rotatable bonds is 2. The van der Waals surface area contributed by atoms with Crippen molar-refractivity contribution < 1.29 is 29.0 Å². The molecular formula is C30H24Cl2N2O6. The number of anilines is 1. The van der Waals surface area contributed by atoms with Crippen LogP contribution in [0.1, 0.15) is 18.4 Å². The minimum absolute atomic E-state index is 0.0556. The van der Waals surface area contributed by atoms with E-state index in [4.69, 9.17) is 27.9 Å². The summed E-state index contributed by atoms with van der Waals surface area (Å²) in [6.45, 7) is 0. The van der Waals surface area contributed by atoms with Crippen molar-refractivity contribution in [1.29, 1.82) is 0 Å². The SMILES string of the molecule is CN1C(=O)C2(Cl)CC3C(=CCC4C(=O)N(c5ccccc5)C(=O)C43)C(C3=COc4ccc(O)cc4C3)C2(Cl)C1=O. The number of aromatic hydroxyl groups is 1. The molecule has 3 heterocycles. The zero-order valence-corrected chi connectivity index (χ0v) is 22.9. The molecule has 40 heavy (non-hydrogen) atoms. The highest BCUT2D eigenvalue weighted by atomic mass is 35.5. The van der Waals surface area contributed by atoms with Crippen molar-refractivity contribution in [2.45, 2.75) is 29.0 Å². The summed E-state index contributed by atoms with van der Waals surface area (Å²) in [6, 6.07) is 13.5. The van der Waals surface area contributed by atoms with Crippen LogP contribution in [0.25, 0.3) is 0 Å². The molecule has 2 saturated heterocycles. The monoisotopic (exact) mass is 578 g/mol. The number of hydrogen-bond acceptors (Lipinski definition) is 6. The van der Waals surface area contributed by atoms with Gasteiger partial charge >= 0.3 is 0 Å². The van der Waals surface area contributed by atoms with Crippen molar-refractivity contribution in [2.75, 3.05) is 11.9 Å². The number of phenols is 1. The molecular weight excluding hydrogens is 555 g/mol. The number of para-hydroxylation sites is 1. The van der Waals surface area contributed by atoms with E-state index in [0.717, 1.165) is 4.90 Å². The zero-order valence-electron chi connectivity index (χ0n) is 21.3. The molecule has 2 aromatic carbocycles. The van der Waals surface area contributed by atoms with Gasteiger partial charge in [-0.05, 0) is 54.7 Å². The number of alkyl halides is 2. The first-order valence-corrected chi connectivity index (χ1v) is 13.8. The molecule has 5 aliphatic rings. The van der Waals surface area contributed by atoms with Crippen LogP contribution >= 0.6 is 23.2 Å². The number of carbonyl (C=O) groups is 4. The third-order valence-electron chi connectivity index (χ3n) is 9.18. The molecule has 3 fully saturated rings. The average Bonchev–Trinajstić information content (AvgIpc) is 3.28. The second-order valence-corrected chi connectivity index (χ2v) is 12.4. The van der Waals surface area contributed by atoms with Crippen molar-refractivity contribution >= 4 is 52.5 Å². The van der Waals surface area contributed by atoms with Crippen molar-refractivity contribution in [3.8, 4) is 11.5 Å². The van der Waals surface area contributed by atoms with Gasteiger partial charge in [0.1, 0.15) is 11.5 Å². The molecule has 1 saturated carbocycles. The number of allylic oxidation sites excluding steroid dienone is 3. The number of amides is 4. The Bertz CT molecular complexity index is 1590. The Labute approximate surface area is 239 Å². The Morgan fingerprint density at radius 3 is 2.48 bits per heavy atom. The number of fused-ring (bicyclic) bond motifs is 5. The summed E-state index contributed by atoms with van der Waals surface area (Å²) in [5, 5.41) is 10.1. The minimum Gasteiger partial charge on any atom is -0.508 e. The fourth-order valence-corrected chi connectivity index (χ4v) is 8.42. The van der Waals surface area contributed by atoms with Gasteiger partial charge in [0.2, 0.25) is 11.8 Å². The lowest BCUT2D eigenvalue weighted by molar-refractivity contribution is -0.138. The van der Waals surface area contributed by atoms with Crippen LogP contribution in [0, 0.1) is 23.7 Å². The topological polar surface area (TPSA) is 104 Å². The number of carbonyl (C=O) groups excluding carboxylic acids is 4. The van der Waals surface area contributed by atoms with Gasteiger partial charge in [-0.2, -0.15) is 0 Å². The number of nitrogens with zero attached hydrogens (tertiary/aromatic N) is 2. The summed E-state index contributed by atoms with van der Waals surface area (Å²) < 4.78 is 5.90. The van der Waals surface area contributed by atoms with Crippen LogP contribution in [0.3, 0.4) is 0 Å². The summed E-state index contributed by atoms with van der Waals surface area (Å²) in [7, 11) is 1.36. The Balaban J connectivity index is 1.37. The van der Waals surface area contributed by atoms with Crippen molar-refractivity contribution in [3.05, 3.63) is 77.6 Å². The molecule has 2 aromatic rings. The van der Waals surface area contributed by atoms with Gasteiger partial charge in [-0.1, -0.05) is 29.8 Å². The standard InChI is InChI=1S/C30H24Cl2N2O6/c1-33-27(38)29(31)13-21-19(8-9-20-23(21)26(37)34(25(20)36)17-5-3-2-4-6-17)24(30(29,32)28(33)39)16-11-15-12-18(35)7-10-22(15)40-14-16/h2-8,10,12,14,20-21,23-24,35H,9,11,13H2,1H3. The molecule has 3 aliphatic heterocycles. The molecule has 0 spiro atoms. The first-order chi connectivity index (χ1) is 19.1. The van der Waals surface area contributed by atoms with Gasteiger partial charge < -0.3 is 9.84 Å². The predicted octanol–water partition coefficient (Wildman–Crippen LogP) is 3.94. The number of halogens is 2. The van der Waals surface area contributed by atoms with Crippen LogP contribution in [-0.4, -0.2) is 50.4 Å². The van der Waals surface area contributed by atoms with E-state index >= 15 is 0 Å². The molecule has 8 nitrogen and oxygen atoms in total. The third-order valence-corrected chi connectivity index (χ3v) is 10.6. The van der Waals surface area contributed by atoms with Crippen LogP contribution in [0.2, 0.25) is 0 Å². The Kier molecular flexibility index (Phi) is 5.35. The van der Waals surface area contributed by atoms with E-state index in [0.29, 0.717) is 28.1 Å². The van der Waals surface area contributed by atoms with Gasteiger partial charge in [0.15, 0.2) is 9.75 Å². The number of likely N-dealkylation sites (tertiary alicyclic amines) is 1. The third kappa shape index (κ3) is 3.09. The normalized spacial score (nSPS) is 34.5. The van der Waals surface area contributed by atoms with Gasteiger partial charge in [0, 0.05) is 24.9 Å². The maximum atomic E-state index is 13.9. The molecule has 7 rings (SSSR count). The molecule has 6 atom stereocenters. The van der Waals surface area contributed by atoms with E-state index in [9.17, 15) is 24.3 Å². The Hall–Kier alpha value is -3.62. The summed E-state index contributed by atoms with van der Waals surface area (Å²) in [4.78, 5) is 53.2. The first kappa shape index (κ1) is 25.4. The highest BCUT2D eigenvalue weighted by molar-refractivity contribution is 6.53. The number of hydrogen-bond donors (Lipinski definition) is 1. The van der Waals surface area contributed by atoms with E-state index < -0.39 is 45.2 Å². The second-order valence-electron chi connectivity index (χ2n) is 11.1. The van der Waals surface area contributed by atoms with E-state index in [2.05, 4.69) is 0 Å². The second kappa shape index (κ2) is 8.44. The van der Waals surface area contributed by atoms with Crippen LogP contribution < -0.4 is 9.64 Å². The predicted molar refractivity (Wildman–Crippen MR) is 146 cm³/mol. The van der Waals surface area contributed by atoms with Gasteiger partial charge in [-0.25, -0.2) is 0 Å². The Morgan fingerprint density at radius 1 is 0.975 bits per heavy atom. The molecule has 0 radical (unpaired) electrons. The molecule has 204 valence electrons. The van der Waals surface area contributed by atoms with Crippen LogP contribution in [0.5, 0.6) is 11.5 Å². The fourth-order valence-electron chi connectivity index (χ4n) is 7.39. The lowest BCUT2D eigenvalue weighted by Crippen LogP contribution is -2.61. The lowest BCUT2D eigenvalue weighted by Gasteiger charge is -2.51. The van der Waals surface area contributed by atoms with E-state index in [-0.39, 0.29) is 36.8 Å². The van der Waals surface area contributed by atoms with Gasteiger partial charge in [-0.15, -0.1) is 23.2 Å². The molecule has 10 heteroatoms. The minimum atomic E-state index is -1.87. The number of imide groups is 2. The molecule has 2 aliphatic carbocycles. The maximum Gasteiger partial charge on any atom is 0.253 e. The van der Waals surface area contributed by atoms with Crippen molar-refractivity contribution in [2.24, 2.45) is 23.7 Å². The fraction of sp³-hybridized carbons (Fsp3) is 0.333. The maximum absolute atomic E-state index is 13.9. The molecule has 6 unspecified atom stereocenters. The smallest absolute Gasteiger partial charge is 0.253 e. The highest BCUT2D eigenvalue weighted by Gasteiger charge is 2.76. The van der Waals surface area contributed by atoms with Crippen molar-refractivity contribution in [1.82, 2.24) is 4.90 Å². The van der Waals surface area contributed by atoms with Gasteiger partial charge in [-0.3, -0.25) is 29.0 Å². The number of benzene rings is 2. The molecule has 1 N–H and O–H groups in total. The summed E-state index contributed by atoms with van der Waals surface area (Å²) in [5.41, 5.74) is 2.47. The van der Waals surface area contributed by atoms with Gasteiger partial charge in [0.25, 0.3) is 11.8 Å². The first-order valence-electron chi connectivity index (χ1n) is 13.1. The lowest BCUT2D eigenvalue weighted by atomic mass is 9.56. The quantitative estimate of drug-likeness (QED) is 0.329. The largest absolute Gasteiger partial charge is 0.508 e. The number of phenolic OH excluding ortho intramolecular Hbond substituents is 1. The van der Waals surface area contributed by atoms with Crippen molar-refractivity contribution in [3.63, 3.8) is 0 Å². The van der Waals surface area contributed by atoms with E-state index in [1.807, 2.05) is 6.08 Å². The Morgan fingerprint density at radius 2 is 1.73 bits per heavy atom. The average molecular weight is 579 g/mol. The summed E-state index contributed by atoms with van der Waals surface area (Å²) >= 11 is 14.4. The summed E-state index contributed by atoms with van der Waals surface area (Å²) in [5.74, 6) is -4.16. The molecule has 0 aromatic heterocycles. The zero-order chi connectivity index (χ0) is 28.1. The van der Waals surface area contributed by atoms with E-state index in [1.54, 1.807) is 42.5 Å². The van der Waals surface area contributed by atoms with E-state index in [1.165, 1.54) is 24.3 Å². The van der Waals surface area contributed by atoms with Crippen LogP contribution in [0.15, 0.2) is 72.0 Å². The molecule has 0 bridgehead atoms.